The van der Waals surface area contributed by atoms with Crippen LogP contribution in [0.4, 0.5) is 13.2 Å². The van der Waals surface area contributed by atoms with Gasteiger partial charge in [0.1, 0.15) is 5.82 Å². The molecule has 4 heteroatoms. The normalized spacial score (nSPS) is 10.4. The molecule has 1 radical (unpaired) electrons. The van der Waals surface area contributed by atoms with Crippen LogP contribution in [0.25, 0.3) is 11.1 Å². The predicted molar refractivity (Wildman–Crippen MR) is 51.9 cm³/mol. The van der Waals surface area contributed by atoms with Crippen LogP contribution in [0.1, 0.15) is 0 Å². The zero-order chi connectivity index (χ0) is 11.7. The molecule has 16 heavy (non-hydrogen) atoms. The summed E-state index contributed by atoms with van der Waals surface area (Å²) < 4.78 is 38.9. The lowest BCUT2D eigenvalue weighted by Crippen LogP contribution is -1.90. The summed E-state index contributed by atoms with van der Waals surface area (Å²) in [6.07, 6.45) is 0. The van der Waals surface area contributed by atoms with Crippen molar-refractivity contribution >= 4 is 0 Å². The van der Waals surface area contributed by atoms with E-state index >= 15 is 0 Å². The van der Waals surface area contributed by atoms with Crippen molar-refractivity contribution in [3.05, 3.63) is 53.8 Å². The van der Waals surface area contributed by atoms with Crippen molar-refractivity contribution in [2.45, 2.75) is 0 Å². The van der Waals surface area contributed by atoms with Crippen molar-refractivity contribution in [2.24, 2.45) is 0 Å². The van der Waals surface area contributed by atoms with E-state index in [1.807, 2.05) is 0 Å². The topological polar surface area (TPSA) is 19.9 Å². The summed E-state index contributed by atoms with van der Waals surface area (Å²) in [7, 11) is 0. The van der Waals surface area contributed by atoms with Crippen LogP contribution in [0.2, 0.25) is 0 Å². The highest BCUT2D eigenvalue weighted by molar-refractivity contribution is 5.64. The Morgan fingerprint density at radius 1 is 0.750 bits per heavy atom. The maximum atomic E-state index is 13.3. The molecule has 2 rings (SSSR count). The van der Waals surface area contributed by atoms with Gasteiger partial charge in [-0.3, -0.25) is 5.11 Å². The minimum absolute atomic E-state index is 0.0705. The highest BCUT2D eigenvalue weighted by atomic mass is 19.2. The van der Waals surface area contributed by atoms with Gasteiger partial charge in [-0.15, -0.1) is 0 Å². The highest BCUT2D eigenvalue weighted by Gasteiger charge is 2.11. The molecule has 0 aromatic heterocycles. The molecule has 0 unspecified atom stereocenters. The monoisotopic (exact) mass is 223 g/mol. The third kappa shape index (κ3) is 1.86. The average Bonchev–Trinajstić information content (AvgIpc) is 2.25. The molecule has 0 saturated carbocycles. The summed E-state index contributed by atoms with van der Waals surface area (Å²) in [5.41, 5.74) is 0.259. The molecule has 0 fully saturated rings. The third-order valence-electron chi connectivity index (χ3n) is 2.18. The summed E-state index contributed by atoms with van der Waals surface area (Å²) in [5, 5.41) is 10.8. The molecular weight excluding hydrogens is 217 g/mol. The fraction of sp³-hybridized carbons (Fsp3) is 0. The second-order valence-corrected chi connectivity index (χ2v) is 3.27. The Morgan fingerprint density at radius 3 is 1.94 bits per heavy atom. The molecule has 0 N–H and O–H groups in total. The molecule has 0 aliphatic carbocycles. The number of hydrogen-bond acceptors (Lipinski definition) is 0. The van der Waals surface area contributed by atoms with Gasteiger partial charge in [-0.05, 0) is 23.8 Å². The van der Waals surface area contributed by atoms with Crippen LogP contribution in [-0.2, 0) is 5.11 Å². The lowest BCUT2D eigenvalue weighted by Gasteiger charge is -2.04. The van der Waals surface area contributed by atoms with Gasteiger partial charge in [0.05, 0.1) is 0 Å². The Labute approximate surface area is 89.8 Å². The van der Waals surface area contributed by atoms with Gasteiger partial charge in [0.25, 0.3) is 0 Å². The van der Waals surface area contributed by atoms with E-state index in [0.717, 1.165) is 6.07 Å². The zero-order valence-corrected chi connectivity index (χ0v) is 8.01. The van der Waals surface area contributed by atoms with Crippen LogP contribution in [0.5, 0.6) is 5.75 Å². The molecule has 0 saturated heterocycles. The molecule has 0 aliphatic rings. The van der Waals surface area contributed by atoms with Gasteiger partial charge in [0, 0.05) is 11.6 Å². The largest absolute Gasteiger partial charge is 0.290 e. The fourth-order valence-corrected chi connectivity index (χ4v) is 1.38. The molecule has 0 bridgehead atoms. The second-order valence-electron chi connectivity index (χ2n) is 3.27. The van der Waals surface area contributed by atoms with Crippen molar-refractivity contribution < 1.29 is 18.3 Å². The Kier molecular flexibility index (Phi) is 2.56. The fourth-order valence-electron chi connectivity index (χ4n) is 1.38. The highest BCUT2D eigenvalue weighted by Crippen LogP contribution is 2.26. The number of rotatable bonds is 1. The molecular formula is C12H6F3O. The smallest absolute Gasteiger partial charge is 0.178 e. The Morgan fingerprint density at radius 2 is 1.31 bits per heavy atom. The summed E-state index contributed by atoms with van der Waals surface area (Å²) in [5.74, 6) is -3.45. The molecule has 0 atom stereocenters. The van der Waals surface area contributed by atoms with E-state index in [9.17, 15) is 18.3 Å². The Balaban J connectivity index is 2.56. The first-order chi connectivity index (χ1) is 7.58. The number of halogens is 3. The van der Waals surface area contributed by atoms with Crippen molar-refractivity contribution in [3.8, 4) is 16.9 Å². The van der Waals surface area contributed by atoms with Crippen LogP contribution in [0, 0.1) is 17.5 Å². The molecule has 2 aromatic rings. The summed E-state index contributed by atoms with van der Waals surface area (Å²) in [6.45, 7) is 0. The van der Waals surface area contributed by atoms with E-state index < -0.39 is 17.5 Å². The van der Waals surface area contributed by atoms with E-state index in [1.54, 1.807) is 0 Å². The van der Waals surface area contributed by atoms with Gasteiger partial charge in [-0.2, -0.15) is 0 Å². The number of hydrogen-bond donors (Lipinski definition) is 0. The SMILES string of the molecule is [O]c1ccc(-c2cc(F)c(F)cc2F)cc1. The summed E-state index contributed by atoms with van der Waals surface area (Å²) in [4.78, 5) is 0. The standard InChI is InChI=1S/C12H6F3O/c13-10-6-12(15)11(14)5-9(10)7-1-3-8(16)4-2-7/h1-6H. The molecule has 0 heterocycles. The van der Waals surface area contributed by atoms with Crippen molar-refractivity contribution in [1.29, 1.82) is 0 Å². The minimum atomic E-state index is -1.23. The van der Waals surface area contributed by atoms with Gasteiger partial charge in [-0.25, -0.2) is 13.2 Å². The average molecular weight is 223 g/mol. The van der Waals surface area contributed by atoms with Crippen molar-refractivity contribution in [3.63, 3.8) is 0 Å². The van der Waals surface area contributed by atoms with Crippen LogP contribution in [0.3, 0.4) is 0 Å². The maximum Gasteiger partial charge on any atom is 0.178 e. The van der Waals surface area contributed by atoms with Crippen molar-refractivity contribution in [1.82, 2.24) is 0 Å². The second kappa shape index (κ2) is 3.89. The van der Waals surface area contributed by atoms with Gasteiger partial charge < -0.3 is 0 Å². The van der Waals surface area contributed by atoms with E-state index in [-0.39, 0.29) is 11.3 Å². The first-order valence-electron chi connectivity index (χ1n) is 4.50. The minimum Gasteiger partial charge on any atom is -0.290 e. The molecule has 1 nitrogen and oxygen atoms in total. The van der Waals surface area contributed by atoms with E-state index in [0.29, 0.717) is 11.6 Å². The lowest BCUT2D eigenvalue weighted by molar-refractivity contribution is 0.355. The molecule has 0 amide bonds. The summed E-state index contributed by atoms with van der Waals surface area (Å²) in [6, 6.07) is 6.43. The van der Waals surface area contributed by atoms with E-state index in [4.69, 9.17) is 0 Å². The van der Waals surface area contributed by atoms with Crippen LogP contribution in [-0.4, -0.2) is 0 Å². The first-order valence-corrected chi connectivity index (χ1v) is 4.50. The molecule has 0 spiro atoms. The van der Waals surface area contributed by atoms with Gasteiger partial charge >= 0.3 is 0 Å². The molecule has 0 aliphatic heterocycles. The van der Waals surface area contributed by atoms with E-state index in [1.165, 1.54) is 24.3 Å². The predicted octanol–water partition coefficient (Wildman–Crippen LogP) is 3.91. The van der Waals surface area contributed by atoms with E-state index in [2.05, 4.69) is 0 Å². The van der Waals surface area contributed by atoms with Gasteiger partial charge in [0.15, 0.2) is 17.4 Å². The Bertz CT molecular complexity index is 521. The molecule has 2 aromatic carbocycles. The lowest BCUT2D eigenvalue weighted by atomic mass is 10.0. The quantitative estimate of drug-likeness (QED) is 0.653. The summed E-state index contributed by atoms with van der Waals surface area (Å²) >= 11 is 0. The zero-order valence-electron chi connectivity index (χ0n) is 8.01. The van der Waals surface area contributed by atoms with Crippen LogP contribution in [0.15, 0.2) is 36.4 Å². The maximum absolute atomic E-state index is 13.3. The van der Waals surface area contributed by atoms with Crippen molar-refractivity contribution in [2.75, 3.05) is 0 Å². The van der Waals surface area contributed by atoms with Crippen LogP contribution >= 0.6 is 0 Å². The number of benzene rings is 2. The Hall–Kier alpha value is -1.97. The van der Waals surface area contributed by atoms with Gasteiger partial charge in [0.2, 0.25) is 0 Å². The van der Waals surface area contributed by atoms with Gasteiger partial charge in [-0.1, -0.05) is 12.1 Å². The third-order valence-corrected chi connectivity index (χ3v) is 2.18. The van der Waals surface area contributed by atoms with Crippen LogP contribution < -0.4 is 0 Å². The first kappa shape index (κ1) is 10.5. The molecule has 81 valence electrons.